The maximum absolute atomic E-state index is 10.8. The maximum atomic E-state index is 10.8. The van der Waals surface area contributed by atoms with E-state index in [9.17, 15) is 5.11 Å². The van der Waals surface area contributed by atoms with E-state index >= 15 is 0 Å². The molecule has 3 saturated heterocycles. The topological polar surface area (TPSA) is 35.9 Å². The Balaban J connectivity index is 1.41. The van der Waals surface area contributed by atoms with Crippen LogP contribution in [-0.2, 0) is 4.74 Å². The Morgan fingerprint density at radius 1 is 0.950 bits per heavy atom. The number of ether oxygens (including phenoxy) is 1. The van der Waals surface area contributed by atoms with Gasteiger partial charge >= 0.3 is 0 Å². The van der Waals surface area contributed by atoms with Crippen molar-refractivity contribution in [2.45, 2.75) is 56.7 Å². The molecule has 0 aromatic carbocycles. The quantitative estimate of drug-likeness (QED) is 0.847. The van der Waals surface area contributed by atoms with Crippen molar-refractivity contribution in [2.24, 2.45) is 0 Å². The normalized spacial score (nSPS) is 32.5. The molecular weight excluding hydrogens is 252 g/mol. The molecule has 4 heteroatoms. The van der Waals surface area contributed by atoms with Crippen LogP contribution >= 0.6 is 0 Å². The van der Waals surface area contributed by atoms with Gasteiger partial charge in [-0.2, -0.15) is 0 Å². The molecular formula is C16H30N2O2. The van der Waals surface area contributed by atoms with Crippen molar-refractivity contribution in [3.05, 3.63) is 0 Å². The molecule has 3 heterocycles. The predicted octanol–water partition coefficient (Wildman–Crippen LogP) is 1.48. The van der Waals surface area contributed by atoms with E-state index in [4.69, 9.17) is 4.74 Å². The Morgan fingerprint density at radius 3 is 2.35 bits per heavy atom. The average Bonchev–Trinajstić information content (AvgIpc) is 2.95. The van der Waals surface area contributed by atoms with E-state index in [2.05, 4.69) is 9.80 Å². The minimum atomic E-state index is -0.436. The Hall–Kier alpha value is -0.160. The van der Waals surface area contributed by atoms with Crippen LogP contribution in [0.1, 0.15) is 44.9 Å². The Bertz CT molecular complexity index is 291. The molecule has 1 N–H and O–H groups in total. The molecule has 0 aromatic rings. The van der Waals surface area contributed by atoms with Gasteiger partial charge in [0.05, 0.1) is 11.7 Å². The number of likely N-dealkylation sites (tertiary alicyclic amines) is 2. The molecule has 4 nitrogen and oxygen atoms in total. The van der Waals surface area contributed by atoms with Crippen LogP contribution in [0.15, 0.2) is 0 Å². The van der Waals surface area contributed by atoms with Crippen molar-refractivity contribution >= 4 is 0 Å². The standard InChI is InChI=1S/C16H30N2O2/c19-16(14-18-8-2-3-9-18)6-10-17(11-7-16)13-15-5-1-4-12-20-15/h15,19H,1-14H2. The molecule has 3 aliphatic heterocycles. The average molecular weight is 282 g/mol. The van der Waals surface area contributed by atoms with E-state index in [1.165, 1.54) is 45.2 Å². The summed E-state index contributed by atoms with van der Waals surface area (Å²) in [5.41, 5.74) is -0.436. The third-order valence-corrected chi connectivity index (χ3v) is 5.24. The lowest BCUT2D eigenvalue weighted by Crippen LogP contribution is -2.51. The van der Waals surface area contributed by atoms with E-state index in [1.54, 1.807) is 0 Å². The summed E-state index contributed by atoms with van der Waals surface area (Å²) in [6, 6.07) is 0. The minimum absolute atomic E-state index is 0.436. The third kappa shape index (κ3) is 3.94. The van der Waals surface area contributed by atoms with Gasteiger partial charge in [-0.25, -0.2) is 0 Å². The first-order valence-corrected chi connectivity index (χ1v) is 8.52. The van der Waals surface area contributed by atoms with Crippen LogP contribution in [0.2, 0.25) is 0 Å². The Labute approximate surface area is 123 Å². The SMILES string of the molecule is OC1(CN2CCCC2)CCN(CC2CCCCO2)CC1. The number of aliphatic hydroxyl groups is 1. The lowest BCUT2D eigenvalue weighted by Gasteiger charge is -2.41. The molecule has 1 atom stereocenters. The van der Waals surface area contributed by atoms with E-state index in [0.29, 0.717) is 6.10 Å². The van der Waals surface area contributed by atoms with Crippen molar-refractivity contribution in [2.75, 3.05) is 45.9 Å². The monoisotopic (exact) mass is 282 g/mol. The first-order valence-electron chi connectivity index (χ1n) is 8.52. The third-order valence-electron chi connectivity index (χ3n) is 5.24. The van der Waals surface area contributed by atoms with Crippen LogP contribution in [0.4, 0.5) is 0 Å². The highest BCUT2D eigenvalue weighted by atomic mass is 16.5. The first kappa shape index (κ1) is 14.8. The second kappa shape index (κ2) is 6.73. The van der Waals surface area contributed by atoms with Crippen LogP contribution in [0.3, 0.4) is 0 Å². The number of β-amino-alcohol motifs (C(OH)–C–C–N with tert-alkyl or cyclic N) is 1. The number of hydrogen-bond donors (Lipinski definition) is 1. The minimum Gasteiger partial charge on any atom is -0.388 e. The largest absolute Gasteiger partial charge is 0.388 e. The van der Waals surface area contributed by atoms with E-state index < -0.39 is 5.60 Å². The summed E-state index contributed by atoms with van der Waals surface area (Å²) in [6.07, 6.45) is 8.67. The van der Waals surface area contributed by atoms with E-state index in [0.717, 1.165) is 45.6 Å². The van der Waals surface area contributed by atoms with Gasteiger partial charge in [-0.1, -0.05) is 0 Å². The summed E-state index contributed by atoms with van der Waals surface area (Å²) in [4.78, 5) is 4.94. The molecule has 20 heavy (non-hydrogen) atoms. The molecule has 0 aromatic heterocycles. The summed E-state index contributed by atoms with van der Waals surface area (Å²) in [5.74, 6) is 0. The maximum Gasteiger partial charge on any atom is 0.0798 e. The van der Waals surface area contributed by atoms with Gasteiger partial charge in [-0.05, 0) is 58.0 Å². The number of rotatable bonds is 4. The van der Waals surface area contributed by atoms with Gasteiger partial charge in [0.2, 0.25) is 0 Å². The molecule has 3 aliphatic rings. The fourth-order valence-electron chi connectivity index (χ4n) is 3.91. The Kier molecular flexibility index (Phi) is 4.97. The van der Waals surface area contributed by atoms with Crippen LogP contribution in [0.5, 0.6) is 0 Å². The lowest BCUT2D eigenvalue weighted by molar-refractivity contribution is -0.0595. The molecule has 0 aliphatic carbocycles. The highest BCUT2D eigenvalue weighted by Gasteiger charge is 2.35. The van der Waals surface area contributed by atoms with Crippen molar-refractivity contribution in [3.8, 4) is 0 Å². The van der Waals surface area contributed by atoms with E-state index in [1.807, 2.05) is 0 Å². The van der Waals surface area contributed by atoms with Gasteiger partial charge in [0.1, 0.15) is 0 Å². The number of piperidine rings is 1. The van der Waals surface area contributed by atoms with Crippen LogP contribution in [0, 0.1) is 0 Å². The second-order valence-corrected chi connectivity index (χ2v) is 7.00. The van der Waals surface area contributed by atoms with Gasteiger partial charge < -0.3 is 19.6 Å². The van der Waals surface area contributed by atoms with Crippen molar-refractivity contribution < 1.29 is 9.84 Å². The molecule has 0 spiro atoms. The van der Waals surface area contributed by atoms with Gasteiger partial charge in [0.15, 0.2) is 0 Å². The highest BCUT2D eigenvalue weighted by molar-refractivity contribution is 4.90. The lowest BCUT2D eigenvalue weighted by atomic mass is 9.90. The first-order chi connectivity index (χ1) is 9.73. The van der Waals surface area contributed by atoms with Crippen LogP contribution in [0.25, 0.3) is 0 Å². The van der Waals surface area contributed by atoms with Crippen LogP contribution < -0.4 is 0 Å². The van der Waals surface area contributed by atoms with Crippen LogP contribution in [-0.4, -0.2) is 72.5 Å². The molecule has 0 bridgehead atoms. The van der Waals surface area contributed by atoms with Gasteiger partial charge in [-0.3, -0.25) is 0 Å². The zero-order chi connectivity index (χ0) is 13.8. The summed E-state index contributed by atoms with van der Waals surface area (Å²) in [7, 11) is 0. The number of hydrogen-bond acceptors (Lipinski definition) is 4. The Morgan fingerprint density at radius 2 is 1.70 bits per heavy atom. The van der Waals surface area contributed by atoms with Gasteiger partial charge in [0.25, 0.3) is 0 Å². The zero-order valence-electron chi connectivity index (χ0n) is 12.7. The zero-order valence-corrected chi connectivity index (χ0v) is 12.7. The summed E-state index contributed by atoms with van der Waals surface area (Å²) in [5, 5.41) is 10.8. The summed E-state index contributed by atoms with van der Waals surface area (Å²) in [6.45, 7) is 7.33. The molecule has 0 saturated carbocycles. The molecule has 3 rings (SSSR count). The van der Waals surface area contributed by atoms with Crippen molar-refractivity contribution in [1.82, 2.24) is 9.80 Å². The fourth-order valence-corrected chi connectivity index (χ4v) is 3.91. The molecule has 0 amide bonds. The van der Waals surface area contributed by atoms with Gasteiger partial charge in [0, 0.05) is 32.8 Å². The fraction of sp³-hybridized carbons (Fsp3) is 1.00. The van der Waals surface area contributed by atoms with Crippen molar-refractivity contribution in [3.63, 3.8) is 0 Å². The second-order valence-electron chi connectivity index (χ2n) is 7.00. The molecule has 1 unspecified atom stereocenters. The smallest absolute Gasteiger partial charge is 0.0798 e. The van der Waals surface area contributed by atoms with E-state index in [-0.39, 0.29) is 0 Å². The summed E-state index contributed by atoms with van der Waals surface area (Å²) < 4.78 is 5.83. The molecule has 0 radical (unpaired) electrons. The highest BCUT2D eigenvalue weighted by Crippen LogP contribution is 2.26. The molecule has 116 valence electrons. The number of nitrogens with zero attached hydrogens (tertiary/aromatic N) is 2. The van der Waals surface area contributed by atoms with Gasteiger partial charge in [-0.15, -0.1) is 0 Å². The summed E-state index contributed by atoms with van der Waals surface area (Å²) >= 11 is 0. The molecule has 3 fully saturated rings. The van der Waals surface area contributed by atoms with Crippen molar-refractivity contribution in [1.29, 1.82) is 0 Å². The predicted molar refractivity (Wildman–Crippen MR) is 79.9 cm³/mol.